The molecule has 1 aromatic carbocycles. The van der Waals surface area contributed by atoms with Crippen LogP contribution < -0.4 is 10.9 Å². The van der Waals surface area contributed by atoms with E-state index in [1.54, 1.807) is 16.9 Å². The summed E-state index contributed by atoms with van der Waals surface area (Å²) in [5.41, 5.74) is -0.0347. The van der Waals surface area contributed by atoms with E-state index in [-0.39, 0.29) is 34.5 Å². The van der Waals surface area contributed by atoms with Gasteiger partial charge >= 0.3 is 0 Å². The molecule has 0 saturated carbocycles. The van der Waals surface area contributed by atoms with Gasteiger partial charge in [0.05, 0.1) is 28.4 Å². The molecular weight excluding hydrogens is 365 g/mol. The highest BCUT2D eigenvalue weighted by molar-refractivity contribution is 6.38. The molecule has 130 valence electrons. The maximum atomic E-state index is 12.6. The van der Waals surface area contributed by atoms with Gasteiger partial charge in [-0.25, -0.2) is 9.67 Å². The first kappa shape index (κ1) is 17.4. The lowest BCUT2D eigenvalue weighted by atomic mass is 10.2. The third-order valence-corrected chi connectivity index (χ3v) is 4.09. The first-order valence-corrected chi connectivity index (χ1v) is 8.30. The highest BCUT2D eigenvalue weighted by Crippen LogP contribution is 2.24. The third-order valence-electron chi connectivity index (χ3n) is 3.59. The molecule has 0 aliphatic carbocycles. The van der Waals surface area contributed by atoms with E-state index >= 15 is 0 Å². The highest BCUT2D eigenvalue weighted by Gasteiger charge is 2.13. The first-order valence-electron chi connectivity index (χ1n) is 7.54. The van der Waals surface area contributed by atoms with Gasteiger partial charge in [0.1, 0.15) is 12.4 Å². The first-order chi connectivity index (χ1) is 11.9. The van der Waals surface area contributed by atoms with Crippen LogP contribution in [-0.4, -0.2) is 25.2 Å². The Bertz CT molecular complexity index is 1010. The number of aromatic nitrogens is 4. The lowest BCUT2D eigenvalue weighted by Gasteiger charge is -2.12. The van der Waals surface area contributed by atoms with Crippen LogP contribution in [0.1, 0.15) is 19.9 Å². The molecule has 9 heteroatoms. The summed E-state index contributed by atoms with van der Waals surface area (Å²) in [6.07, 6.45) is 2.90. The molecule has 0 aliphatic heterocycles. The second-order valence-corrected chi connectivity index (χ2v) is 6.61. The maximum absolute atomic E-state index is 12.6. The molecule has 0 radical (unpaired) electrons. The molecule has 7 nitrogen and oxygen atoms in total. The molecule has 0 atom stereocenters. The molecule has 1 amide bonds. The van der Waals surface area contributed by atoms with Crippen molar-refractivity contribution in [3.63, 3.8) is 0 Å². The number of fused-ring (bicyclic) bond motifs is 1. The van der Waals surface area contributed by atoms with Gasteiger partial charge in [0, 0.05) is 17.1 Å². The Hall–Kier alpha value is -2.38. The van der Waals surface area contributed by atoms with E-state index in [1.165, 1.54) is 23.0 Å². The molecule has 0 spiro atoms. The standard InChI is InChI=1S/C16H15Cl2N5O2/c1-9(2)23-13(3-4-20-23)21-14(24)7-22-8-19-15-11(16(22)25)5-10(17)6-12(15)18/h3-6,8-9H,7H2,1-2H3,(H,21,24). The Morgan fingerprint density at radius 3 is 2.80 bits per heavy atom. The fraction of sp³-hybridized carbons (Fsp3) is 0.250. The van der Waals surface area contributed by atoms with Crippen molar-refractivity contribution in [1.29, 1.82) is 0 Å². The van der Waals surface area contributed by atoms with Crippen LogP contribution in [0, 0.1) is 0 Å². The third kappa shape index (κ3) is 3.52. The summed E-state index contributed by atoms with van der Waals surface area (Å²) in [6.45, 7) is 3.72. The molecule has 0 bridgehead atoms. The number of nitrogens with zero attached hydrogens (tertiary/aromatic N) is 4. The summed E-state index contributed by atoms with van der Waals surface area (Å²) in [7, 11) is 0. The average molecular weight is 380 g/mol. The van der Waals surface area contributed by atoms with Gasteiger partial charge in [-0.05, 0) is 26.0 Å². The molecule has 2 heterocycles. The number of nitrogens with one attached hydrogen (secondary N) is 1. The van der Waals surface area contributed by atoms with Crippen molar-refractivity contribution >= 4 is 45.8 Å². The molecule has 0 saturated heterocycles. The van der Waals surface area contributed by atoms with Gasteiger partial charge in [-0.15, -0.1) is 0 Å². The van der Waals surface area contributed by atoms with E-state index in [1.807, 2.05) is 13.8 Å². The maximum Gasteiger partial charge on any atom is 0.261 e. The quantitative estimate of drug-likeness (QED) is 0.754. The van der Waals surface area contributed by atoms with Gasteiger partial charge in [-0.1, -0.05) is 23.2 Å². The van der Waals surface area contributed by atoms with E-state index in [0.29, 0.717) is 16.4 Å². The normalized spacial score (nSPS) is 11.2. The van der Waals surface area contributed by atoms with Crippen molar-refractivity contribution in [1.82, 2.24) is 19.3 Å². The lowest BCUT2D eigenvalue weighted by molar-refractivity contribution is -0.116. The second-order valence-electron chi connectivity index (χ2n) is 5.76. The Morgan fingerprint density at radius 1 is 1.32 bits per heavy atom. The summed E-state index contributed by atoms with van der Waals surface area (Å²) >= 11 is 12.0. The van der Waals surface area contributed by atoms with Gasteiger partial charge in [-0.3, -0.25) is 14.2 Å². The zero-order valence-electron chi connectivity index (χ0n) is 13.5. The van der Waals surface area contributed by atoms with E-state index in [9.17, 15) is 9.59 Å². The Balaban J connectivity index is 1.88. The molecule has 3 aromatic rings. The summed E-state index contributed by atoms with van der Waals surface area (Å²) in [5, 5.41) is 7.77. The van der Waals surface area contributed by atoms with E-state index in [0.717, 1.165) is 0 Å². The summed E-state index contributed by atoms with van der Waals surface area (Å²) in [4.78, 5) is 29.0. The van der Waals surface area contributed by atoms with Gasteiger partial charge in [0.15, 0.2) is 0 Å². The fourth-order valence-corrected chi connectivity index (χ4v) is 3.01. The molecule has 0 fully saturated rings. The predicted octanol–water partition coefficient (Wildman–Crippen LogP) is 3.12. The van der Waals surface area contributed by atoms with Gasteiger partial charge in [-0.2, -0.15) is 5.10 Å². The van der Waals surface area contributed by atoms with Crippen LogP contribution in [0.25, 0.3) is 10.9 Å². The minimum atomic E-state index is -0.387. The summed E-state index contributed by atoms with van der Waals surface area (Å²) in [5.74, 6) is 0.201. The van der Waals surface area contributed by atoms with Gasteiger partial charge in [0.25, 0.3) is 5.56 Å². The van der Waals surface area contributed by atoms with Crippen molar-refractivity contribution in [2.45, 2.75) is 26.4 Å². The number of hydrogen-bond acceptors (Lipinski definition) is 4. The zero-order valence-corrected chi connectivity index (χ0v) is 15.0. The van der Waals surface area contributed by atoms with Crippen molar-refractivity contribution in [3.8, 4) is 0 Å². The number of carbonyl (C=O) groups is 1. The molecule has 25 heavy (non-hydrogen) atoms. The van der Waals surface area contributed by atoms with E-state index in [4.69, 9.17) is 23.2 Å². The number of hydrogen-bond donors (Lipinski definition) is 1. The van der Waals surface area contributed by atoms with Crippen molar-refractivity contribution < 1.29 is 4.79 Å². The molecule has 0 unspecified atom stereocenters. The fourth-order valence-electron chi connectivity index (χ4n) is 2.47. The van der Waals surface area contributed by atoms with Crippen LogP contribution in [0.15, 0.2) is 35.5 Å². The predicted molar refractivity (Wildman–Crippen MR) is 97.3 cm³/mol. The number of rotatable bonds is 4. The number of halogens is 2. The van der Waals surface area contributed by atoms with Crippen LogP contribution in [0.4, 0.5) is 5.82 Å². The van der Waals surface area contributed by atoms with Crippen molar-refractivity contribution in [2.75, 3.05) is 5.32 Å². The Morgan fingerprint density at radius 2 is 2.08 bits per heavy atom. The number of carbonyl (C=O) groups excluding carboxylic acids is 1. The molecule has 2 aromatic heterocycles. The van der Waals surface area contributed by atoms with Gasteiger partial charge in [0.2, 0.25) is 5.91 Å². The summed E-state index contributed by atoms with van der Waals surface area (Å²) in [6, 6.07) is 4.79. The zero-order chi connectivity index (χ0) is 18.1. The lowest BCUT2D eigenvalue weighted by Crippen LogP contribution is -2.28. The van der Waals surface area contributed by atoms with Crippen LogP contribution in [-0.2, 0) is 11.3 Å². The van der Waals surface area contributed by atoms with Crippen LogP contribution in [0.3, 0.4) is 0 Å². The summed E-state index contributed by atoms with van der Waals surface area (Å²) < 4.78 is 2.89. The number of anilines is 1. The highest BCUT2D eigenvalue weighted by atomic mass is 35.5. The Labute approximate surface area is 153 Å². The monoisotopic (exact) mass is 379 g/mol. The molecule has 1 N–H and O–H groups in total. The van der Waals surface area contributed by atoms with Crippen LogP contribution >= 0.6 is 23.2 Å². The Kier molecular flexibility index (Phi) is 4.78. The SMILES string of the molecule is CC(C)n1nccc1NC(=O)Cn1cnc2c(Cl)cc(Cl)cc2c1=O. The smallest absolute Gasteiger partial charge is 0.261 e. The van der Waals surface area contributed by atoms with Crippen LogP contribution in [0.5, 0.6) is 0 Å². The minimum Gasteiger partial charge on any atom is -0.309 e. The van der Waals surface area contributed by atoms with Crippen molar-refractivity contribution in [2.24, 2.45) is 0 Å². The number of amides is 1. The molecule has 3 rings (SSSR count). The van der Waals surface area contributed by atoms with E-state index < -0.39 is 0 Å². The number of benzene rings is 1. The van der Waals surface area contributed by atoms with Gasteiger partial charge < -0.3 is 5.32 Å². The van der Waals surface area contributed by atoms with E-state index in [2.05, 4.69) is 15.4 Å². The molecular formula is C16H15Cl2N5O2. The second kappa shape index (κ2) is 6.85. The largest absolute Gasteiger partial charge is 0.309 e. The minimum absolute atomic E-state index is 0.0969. The topological polar surface area (TPSA) is 81.8 Å². The van der Waals surface area contributed by atoms with Crippen molar-refractivity contribution in [3.05, 3.63) is 51.1 Å². The average Bonchev–Trinajstić information content (AvgIpc) is 2.98. The molecule has 0 aliphatic rings. The van der Waals surface area contributed by atoms with Crippen LogP contribution in [0.2, 0.25) is 10.0 Å².